The highest BCUT2D eigenvalue weighted by Gasteiger charge is 2.06. The Morgan fingerprint density at radius 1 is 1.64 bits per heavy atom. The molecule has 0 aliphatic heterocycles. The predicted octanol–water partition coefficient (Wildman–Crippen LogP) is 1.91. The normalized spacial score (nSPS) is 13.1. The number of aliphatic carboxylic acids is 1. The first-order valence-electron chi connectivity index (χ1n) is 4.60. The Bertz CT molecular complexity index is 265. The molecule has 14 heavy (non-hydrogen) atoms. The minimum Gasteiger partial charge on any atom is -0.478 e. The molecule has 0 aromatic heterocycles. The summed E-state index contributed by atoms with van der Waals surface area (Å²) in [5.74, 6) is -0.979. The molecule has 4 heteroatoms. The molecule has 1 atom stereocenters. The van der Waals surface area contributed by atoms with Crippen LogP contribution in [0.1, 0.15) is 33.1 Å². The summed E-state index contributed by atoms with van der Waals surface area (Å²) >= 11 is 0. The smallest absolute Gasteiger partial charge is 0.331 e. The molecule has 78 valence electrons. The fourth-order valence-electron chi connectivity index (χ4n) is 1.03. The average molecular weight is 197 g/mol. The number of rotatable bonds is 6. The first kappa shape index (κ1) is 12.6. The van der Waals surface area contributed by atoms with Crippen LogP contribution >= 0.6 is 0 Å². The first-order valence-corrected chi connectivity index (χ1v) is 4.60. The molecule has 0 saturated carbocycles. The molecule has 0 aromatic carbocycles. The summed E-state index contributed by atoms with van der Waals surface area (Å²) in [7, 11) is 0. The van der Waals surface area contributed by atoms with Crippen LogP contribution in [-0.2, 0) is 9.59 Å². The van der Waals surface area contributed by atoms with Gasteiger partial charge in [-0.1, -0.05) is 19.8 Å². The van der Waals surface area contributed by atoms with E-state index in [9.17, 15) is 9.59 Å². The maximum Gasteiger partial charge on any atom is 0.331 e. The van der Waals surface area contributed by atoms with Crippen LogP contribution < -0.4 is 0 Å². The molecule has 0 spiro atoms. The summed E-state index contributed by atoms with van der Waals surface area (Å²) in [6.45, 7) is 3.51. The van der Waals surface area contributed by atoms with Gasteiger partial charge in [-0.05, 0) is 19.4 Å². The molecule has 0 bridgehead atoms. The topological polar surface area (TPSA) is 66.7 Å². The Kier molecular flexibility index (Phi) is 6.33. The van der Waals surface area contributed by atoms with Gasteiger partial charge in [-0.3, -0.25) is 0 Å². The van der Waals surface area contributed by atoms with Gasteiger partial charge in [0.25, 0.3) is 0 Å². The van der Waals surface area contributed by atoms with Crippen molar-refractivity contribution < 1.29 is 14.7 Å². The van der Waals surface area contributed by atoms with E-state index in [1.807, 2.05) is 6.92 Å². The lowest BCUT2D eigenvalue weighted by Crippen LogP contribution is -2.05. The predicted molar refractivity (Wildman–Crippen MR) is 52.8 cm³/mol. The lowest BCUT2D eigenvalue weighted by molar-refractivity contribution is -0.132. The van der Waals surface area contributed by atoms with Gasteiger partial charge in [0, 0.05) is 5.57 Å². The zero-order chi connectivity index (χ0) is 11.0. The Labute approximate surface area is 83.3 Å². The van der Waals surface area contributed by atoms with Crippen molar-refractivity contribution in [3.05, 3.63) is 11.6 Å². The number of carboxylic acids is 1. The van der Waals surface area contributed by atoms with E-state index in [0.717, 1.165) is 12.8 Å². The van der Waals surface area contributed by atoms with Crippen molar-refractivity contribution in [2.24, 2.45) is 4.99 Å². The van der Waals surface area contributed by atoms with Crippen LogP contribution in [0, 0.1) is 0 Å². The molecule has 0 heterocycles. The van der Waals surface area contributed by atoms with E-state index in [1.54, 1.807) is 0 Å². The highest BCUT2D eigenvalue weighted by Crippen LogP contribution is 2.08. The zero-order valence-corrected chi connectivity index (χ0v) is 8.49. The second-order valence-corrected chi connectivity index (χ2v) is 3.08. The maximum atomic E-state index is 10.5. The number of hydrogen-bond acceptors (Lipinski definition) is 3. The molecule has 0 aliphatic carbocycles. The summed E-state index contributed by atoms with van der Waals surface area (Å²) in [6, 6.07) is -0.344. The number of carbonyl (C=O) groups is 1. The molecule has 4 nitrogen and oxygen atoms in total. The van der Waals surface area contributed by atoms with Crippen LogP contribution in [0.25, 0.3) is 0 Å². The highest BCUT2D eigenvalue weighted by molar-refractivity contribution is 5.85. The monoisotopic (exact) mass is 197 g/mol. The molecule has 0 aromatic rings. The van der Waals surface area contributed by atoms with Crippen molar-refractivity contribution in [2.75, 3.05) is 0 Å². The van der Waals surface area contributed by atoms with Gasteiger partial charge in [0.1, 0.15) is 0 Å². The molecule has 0 radical (unpaired) electrons. The Morgan fingerprint density at radius 2 is 2.29 bits per heavy atom. The fraction of sp³-hybridized carbons (Fsp3) is 0.600. The molecule has 1 N–H and O–H groups in total. The summed E-state index contributed by atoms with van der Waals surface area (Å²) in [5, 5.41) is 8.62. The number of hydrogen-bond donors (Lipinski definition) is 1. The molecule has 0 saturated heterocycles. The third-order valence-corrected chi connectivity index (χ3v) is 1.85. The average Bonchev–Trinajstić information content (AvgIpc) is 2.14. The molecule has 0 rings (SSSR count). The van der Waals surface area contributed by atoms with Gasteiger partial charge in [0.05, 0.1) is 6.04 Å². The lowest BCUT2D eigenvalue weighted by atomic mass is 10.1. The second-order valence-electron chi connectivity index (χ2n) is 3.08. The summed E-state index contributed by atoms with van der Waals surface area (Å²) in [6.07, 6.45) is 5.55. The van der Waals surface area contributed by atoms with Crippen molar-refractivity contribution in [2.45, 2.75) is 39.2 Å². The number of unbranched alkanes of at least 4 members (excludes halogenated alkanes) is 1. The minimum absolute atomic E-state index is 0.213. The van der Waals surface area contributed by atoms with E-state index in [-0.39, 0.29) is 11.6 Å². The van der Waals surface area contributed by atoms with Crippen molar-refractivity contribution in [3.8, 4) is 0 Å². The van der Waals surface area contributed by atoms with E-state index in [0.29, 0.717) is 6.42 Å². The Hall–Kier alpha value is -1.41. The number of aliphatic imine (C=N–C) groups is 1. The quantitative estimate of drug-likeness (QED) is 0.402. The molecule has 0 fully saturated rings. The van der Waals surface area contributed by atoms with Crippen molar-refractivity contribution in [1.29, 1.82) is 0 Å². The molecular weight excluding hydrogens is 182 g/mol. The first-order chi connectivity index (χ1) is 6.61. The van der Waals surface area contributed by atoms with Crippen molar-refractivity contribution >= 4 is 12.0 Å². The molecule has 0 amide bonds. The van der Waals surface area contributed by atoms with Crippen LogP contribution in [0.4, 0.5) is 0 Å². The summed E-state index contributed by atoms with van der Waals surface area (Å²) < 4.78 is 0. The van der Waals surface area contributed by atoms with Gasteiger partial charge < -0.3 is 5.11 Å². The molecule has 0 aliphatic rings. The van der Waals surface area contributed by atoms with Gasteiger partial charge in [-0.25, -0.2) is 9.59 Å². The van der Waals surface area contributed by atoms with Gasteiger partial charge in [-0.15, -0.1) is 0 Å². The van der Waals surface area contributed by atoms with Gasteiger partial charge in [0.15, 0.2) is 0 Å². The largest absolute Gasteiger partial charge is 0.478 e. The fourth-order valence-corrected chi connectivity index (χ4v) is 1.03. The minimum atomic E-state index is -0.979. The van der Waals surface area contributed by atoms with Crippen LogP contribution in [0.5, 0.6) is 0 Å². The number of isocyanates is 1. The number of nitrogens with zero attached hydrogens (tertiary/aromatic N) is 1. The summed E-state index contributed by atoms with van der Waals surface area (Å²) in [4.78, 5) is 24.1. The van der Waals surface area contributed by atoms with Gasteiger partial charge in [0.2, 0.25) is 6.08 Å². The van der Waals surface area contributed by atoms with Crippen molar-refractivity contribution in [3.63, 3.8) is 0 Å². The Morgan fingerprint density at radius 3 is 2.71 bits per heavy atom. The third-order valence-electron chi connectivity index (χ3n) is 1.85. The third kappa shape index (κ3) is 5.27. The number of carbonyl (C=O) groups excluding carboxylic acids is 1. The van der Waals surface area contributed by atoms with E-state index in [2.05, 4.69) is 4.99 Å². The van der Waals surface area contributed by atoms with E-state index in [1.165, 1.54) is 19.1 Å². The summed E-state index contributed by atoms with van der Waals surface area (Å²) in [5.41, 5.74) is 0.213. The van der Waals surface area contributed by atoms with E-state index < -0.39 is 5.97 Å². The van der Waals surface area contributed by atoms with E-state index >= 15 is 0 Å². The SMILES string of the molecule is CCCCC(C=C(C)C(=O)O)N=C=O. The lowest BCUT2D eigenvalue weighted by Gasteiger charge is -2.04. The number of carboxylic acid groups (broad SMARTS) is 1. The highest BCUT2D eigenvalue weighted by atomic mass is 16.4. The Balaban J connectivity index is 4.42. The standard InChI is InChI=1S/C10H15NO3/c1-3-4-5-9(11-7-12)6-8(2)10(13)14/h6,9H,3-5H2,1-2H3,(H,13,14). The molecule has 1 unspecified atom stereocenters. The van der Waals surface area contributed by atoms with Crippen LogP contribution in [0.3, 0.4) is 0 Å². The van der Waals surface area contributed by atoms with Gasteiger partial charge in [-0.2, -0.15) is 4.99 Å². The van der Waals surface area contributed by atoms with E-state index in [4.69, 9.17) is 5.11 Å². The second kappa shape index (κ2) is 7.04. The van der Waals surface area contributed by atoms with Crippen LogP contribution in [-0.4, -0.2) is 23.2 Å². The maximum absolute atomic E-state index is 10.5. The zero-order valence-electron chi connectivity index (χ0n) is 8.49. The van der Waals surface area contributed by atoms with Crippen LogP contribution in [0.2, 0.25) is 0 Å². The van der Waals surface area contributed by atoms with Gasteiger partial charge >= 0.3 is 5.97 Å². The molecular formula is C10H15NO3. The van der Waals surface area contributed by atoms with Crippen molar-refractivity contribution in [1.82, 2.24) is 0 Å². The van der Waals surface area contributed by atoms with Crippen LogP contribution in [0.15, 0.2) is 16.6 Å².